The second-order valence-electron chi connectivity index (χ2n) is 15.9. The lowest BCUT2D eigenvalue weighted by Gasteiger charge is -2.33. The monoisotopic (exact) mass is 756 g/mol. The Morgan fingerprint density at radius 2 is 1.06 bits per heavy atom. The van der Waals surface area contributed by atoms with Crippen molar-refractivity contribution in [1.29, 1.82) is 0 Å². The normalized spacial score (nSPS) is 18.2. The quantitative estimate of drug-likeness (QED) is 0.0500. The van der Waals surface area contributed by atoms with Crippen LogP contribution in [0, 0.1) is 5.92 Å². The van der Waals surface area contributed by atoms with Gasteiger partial charge in [0.1, 0.15) is 0 Å². The first kappa shape index (κ1) is 49.1. The van der Waals surface area contributed by atoms with Crippen LogP contribution in [0.25, 0.3) is 0 Å². The van der Waals surface area contributed by atoms with E-state index in [9.17, 15) is 4.79 Å². The Balaban J connectivity index is 2.30. The molecule has 1 heterocycles. The molecule has 2 atom stereocenters. The first-order valence-corrected chi connectivity index (χ1v) is 25.9. The Labute approximate surface area is 324 Å². The van der Waals surface area contributed by atoms with E-state index < -0.39 is 8.80 Å². The van der Waals surface area contributed by atoms with Gasteiger partial charge in [0.05, 0.1) is 0 Å². The molecule has 0 aromatic heterocycles. The van der Waals surface area contributed by atoms with E-state index in [2.05, 4.69) is 26.3 Å². The van der Waals surface area contributed by atoms with Crippen LogP contribution in [0.4, 0.5) is 0 Å². The number of rotatable bonds is 38. The summed E-state index contributed by atoms with van der Waals surface area (Å²) in [7, 11) is -2.81. The third-order valence-corrected chi connectivity index (χ3v) is 14.6. The summed E-state index contributed by atoms with van der Waals surface area (Å²) >= 11 is 1.51. The average molecular weight is 756 g/mol. The molecule has 0 radical (unpaired) electrons. The third kappa shape index (κ3) is 32.1. The molecule has 1 aliphatic heterocycles. The summed E-state index contributed by atoms with van der Waals surface area (Å²) in [6.07, 6.45) is 44.1. The van der Waals surface area contributed by atoms with Crippen molar-refractivity contribution in [3.05, 3.63) is 0 Å². The van der Waals surface area contributed by atoms with Crippen molar-refractivity contribution in [3.63, 3.8) is 0 Å². The van der Waals surface area contributed by atoms with Crippen molar-refractivity contribution in [3.8, 4) is 0 Å². The second-order valence-corrected chi connectivity index (χ2v) is 19.7. The van der Waals surface area contributed by atoms with Crippen LogP contribution in [-0.4, -0.2) is 39.4 Å². The Hall–Kier alpha value is 0.0769. The molecule has 1 rings (SSSR count). The lowest BCUT2D eigenvalue weighted by molar-refractivity contribution is -0.111. The van der Waals surface area contributed by atoms with E-state index in [-0.39, 0.29) is 0 Å². The predicted octanol–water partition coefficient (Wildman–Crippen LogP) is 14.7. The van der Waals surface area contributed by atoms with Crippen LogP contribution in [0.15, 0.2) is 0 Å². The molecule has 1 N–H and O–H groups in total. The summed E-state index contributed by atoms with van der Waals surface area (Å²) in [5, 5.41) is 0.349. The first-order valence-electron chi connectivity index (χ1n) is 23.0. The standard InChI is InChI=1S/C44H89NO4SSi/c1-4-7-10-13-16-19-20-21-22-24-25-28-31-35-43-37-39-48-51(49-45-42-43,47-38-33-30-27-18-15-12-9-6-3)41-34-40-50-44(46)36-32-29-26-23-17-14-11-8-5-2/h43,45H,4-42H2,1-3H3. The van der Waals surface area contributed by atoms with Crippen LogP contribution in [-0.2, 0) is 18.2 Å². The molecule has 0 aromatic rings. The van der Waals surface area contributed by atoms with Crippen molar-refractivity contribution in [2.45, 2.75) is 245 Å². The van der Waals surface area contributed by atoms with Gasteiger partial charge in [-0.05, 0) is 38.0 Å². The third-order valence-electron chi connectivity index (χ3n) is 10.9. The second kappa shape index (κ2) is 38.4. The fourth-order valence-electron chi connectivity index (χ4n) is 7.34. The summed E-state index contributed by atoms with van der Waals surface area (Å²) in [5.41, 5.74) is 3.35. The molecule has 0 bridgehead atoms. The van der Waals surface area contributed by atoms with E-state index in [1.807, 2.05) is 0 Å². The molecule has 0 aromatic carbocycles. The maximum Gasteiger partial charge on any atom is 0.517 e. The van der Waals surface area contributed by atoms with Crippen LogP contribution in [0.1, 0.15) is 239 Å². The molecule has 1 saturated heterocycles. The summed E-state index contributed by atoms with van der Waals surface area (Å²) in [6.45, 7) is 9.19. The van der Waals surface area contributed by atoms with Gasteiger partial charge in [0, 0.05) is 38.0 Å². The average Bonchev–Trinajstić information content (AvgIpc) is 3.12. The summed E-state index contributed by atoms with van der Waals surface area (Å²) in [6, 6.07) is 0.791. The zero-order valence-corrected chi connectivity index (χ0v) is 36.5. The fourth-order valence-corrected chi connectivity index (χ4v) is 10.8. The molecule has 0 aliphatic carbocycles. The smallest absolute Gasteiger partial charge is 0.373 e. The van der Waals surface area contributed by atoms with E-state index in [1.165, 1.54) is 198 Å². The number of hydroxylamine groups is 1. The molecular weight excluding hydrogens is 667 g/mol. The van der Waals surface area contributed by atoms with Crippen molar-refractivity contribution in [2.24, 2.45) is 5.92 Å². The number of hydrogen-bond acceptors (Lipinski definition) is 6. The van der Waals surface area contributed by atoms with Gasteiger partial charge >= 0.3 is 8.80 Å². The summed E-state index contributed by atoms with van der Waals surface area (Å²) in [5.74, 6) is 1.44. The van der Waals surface area contributed by atoms with Crippen molar-refractivity contribution >= 4 is 25.7 Å². The Kier molecular flexibility index (Phi) is 36.9. The number of unbranched alkanes of at least 4 members (excludes halogenated alkanes) is 27. The Bertz CT molecular complexity index is 719. The van der Waals surface area contributed by atoms with Gasteiger partial charge in [0.15, 0.2) is 5.12 Å². The highest BCUT2D eigenvalue weighted by Crippen LogP contribution is 2.25. The number of thioether (sulfide) groups is 1. The SMILES string of the molecule is CCCCCCCCCCCCCCCC1CCO[Si](CCCSC(=O)CCCCCCCCCCC)(OCCCCCCCCCC)ONC1. The van der Waals surface area contributed by atoms with Crippen LogP contribution in [0.3, 0.4) is 0 Å². The molecule has 51 heavy (non-hydrogen) atoms. The maximum atomic E-state index is 12.6. The highest BCUT2D eigenvalue weighted by atomic mass is 32.2. The lowest BCUT2D eigenvalue weighted by Crippen LogP contribution is -2.52. The van der Waals surface area contributed by atoms with Crippen LogP contribution >= 0.6 is 11.8 Å². The minimum atomic E-state index is -2.81. The summed E-state index contributed by atoms with van der Waals surface area (Å²) < 4.78 is 19.5. The van der Waals surface area contributed by atoms with Crippen molar-refractivity contribution < 1.29 is 18.2 Å². The minimum Gasteiger partial charge on any atom is -0.373 e. The molecule has 0 spiro atoms. The number of carbonyl (C=O) groups is 1. The van der Waals surface area contributed by atoms with Gasteiger partial charge in [-0.2, -0.15) is 0 Å². The van der Waals surface area contributed by atoms with Crippen molar-refractivity contribution in [1.82, 2.24) is 5.48 Å². The van der Waals surface area contributed by atoms with Gasteiger partial charge < -0.3 is 8.85 Å². The zero-order chi connectivity index (χ0) is 36.8. The molecule has 1 fully saturated rings. The van der Waals surface area contributed by atoms with Gasteiger partial charge in [-0.25, -0.2) is 5.48 Å². The molecule has 0 amide bonds. The Morgan fingerprint density at radius 3 is 1.57 bits per heavy atom. The van der Waals surface area contributed by atoms with Gasteiger partial charge in [0.25, 0.3) is 0 Å². The van der Waals surface area contributed by atoms with Gasteiger partial charge in [-0.1, -0.05) is 212 Å². The van der Waals surface area contributed by atoms with Crippen LogP contribution < -0.4 is 5.48 Å². The highest BCUT2D eigenvalue weighted by Gasteiger charge is 2.42. The predicted molar refractivity (Wildman–Crippen MR) is 227 cm³/mol. The number of nitrogens with one attached hydrogen (secondary N) is 1. The van der Waals surface area contributed by atoms with E-state index in [1.54, 1.807) is 0 Å². The zero-order valence-electron chi connectivity index (χ0n) is 34.7. The molecule has 7 heteroatoms. The molecular formula is C44H89NO4SSi. The molecule has 0 saturated carbocycles. The van der Waals surface area contributed by atoms with Crippen molar-refractivity contribution in [2.75, 3.05) is 25.5 Å². The number of carbonyl (C=O) groups excluding carboxylic acids is 1. The van der Waals surface area contributed by atoms with Gasteiger partial charge in [0.2, 0.25) is 0 Å². The molecule has 304 valence electrons. The number of hydrogen-bond donors (Lipinski definition) is 1. The minimum absolute atomic E-state index is 0.349. The summed E-state index contributed by atoms with van der Waals surface area (Å²) in [4.78, 5) is 12.6. The first-order chi connectivity index (χ1) is 25.2. The van der Waals surface area contributed by atoms with E-state index in [4.69, 9.17) is 13.4 Å². The fraction of sp³-hybridized carbons (Fsp3) is 0.977. The topological polar surface area (TPSA) is 56.8 Å². The van der Waals surface area contributed by atoms with E-state index in [0.717, 1.165) is 57.2 Å². The molecule has 2 unspecified atom stereocenters. The largest absolute Gasteiger partial charge is 0.517 e. The Morgan fingerprint density at radius 1 is 0.608 bits per heavy atom. The molecule has 1 aliphatic rings. The highest BCUT2D eigenvalue weighted by molar-refractivity contribution is 8.13. The van der Waals surface area contributed by atoms with E-state index >= 15 is 0 Å². The van der Waals surface area contributed by atoms with Gasteiger partial charge in [-0.3, -0.25) is 9.32 Å². The van der Waals surface area contributed by atoms with Gasteiger partial charge in [-0.15, -0.1) is 0 Å². The molecule has 5 nitrogen and oxygen atoms in total. The maximum absolute atomic E-state index is 12.6. The van der Waals surface area contributed by atoms with Crippen LogP contribution in [0.5, 0.6) is 0 Å². The van der Waals surface area contributed by atoms with Crippen LogP contribution in [0.2, 0.25) is 6.04 Å². The lowest BCUT2D eigenvalue weighted by atomic mass is 9.97. The van der Waals surface area contributed by atoms with E-state index in [0.29, 0.717) is 17.5 Å².